The molecule has 1 aliphatic heterocycles. The first kappa shape index (κ1) is 12.8. The summed E-state index contributed by atoms with van der Waals surface area (Å²) in [6, 6.07) is 0. The SMILES string of the molecule is CC1(CN)CCN(C(=O)CCOCC2CC2)C1. The standard InChI is InChI=1S/C13H24N2O2/c1-13(9-14)5-6-15(10-13)12(16)4-7-17-8-11-2-3-11/h11H,2-10,14H2,1H3. The van der Waals surface area contributed by atoms with Crippen molar-refractivity contribution in [3.05, 3.63) is 0 Å². The van der Waals surface area contributed by atoms with Crippen molar-refractivity contribution < 1.29 is 9.53 Å². The van der Waals surface area contributed by atoms with Crippen molar-refractivity contribution >= 4 is 5.91 Å². The van der Waals surface area contributed by atoms with E-state index in [2.05, 4.69) is 6.92 Å². The maximum atomic E-state index is 11.9. The molecule has 1 aliphatic carbocycles. The van der Waals surface area contributed by atoms with Gasteiger partial charge in [-0.05, 0) is 37.1 Å². The Hall–Kier alpha value is -0.610. The molecule has 0 aromatic heterocycles. The number of ether oxygens (including phenoxy) is 1. The Morgan fingerprint density at radius 2 is 2.29 bits per heavy atom. The molecule has 0 aromatic rings. The number of carbonyl (C=O) groups is 1. The molecule has 1 atom stereocenters. The summed E-state index contributed by atoms with van der Waals surface area (Å²) in [7, 11) is 0. The second-order valence-corrected chi connectivity index (χ2v) is 5.85. The second-order valence-electron chi connectivity index (χ2n) is 5.85. The molecule has 1 saturated heterocycles. The van der Waals surface area contributed by atoms with E-state index in [1.54, 1.807) is 0 Å². The average molecular weight is 240 g/mol. The van der Waals surface area contributed by atoms with Crippen LogP contribution < -0.4 is 5.73 Å². The molecule has 98 valence electrons. The molecule has 2 N–H and O–H groups in total. The van der Waals surface area contributed by atoms with Crippen molar-refractivity contribution in [2.75, 3.05) is 32.8 Å². The third kappa shape index (κ3) is 3.68. The van der Waals surface area contributed by atoms with Crippen LogP contribution in [0, 0.1) is 11.3 Å². The number of amides is 1. The van der Waals surface area contributed by atoms with E-state index in [-0.39, 0.29) is 11.3 Å². The van der Waals surface area contributed by atoms with Gasteiger partial charge in [0.15, 0.2) is 0 Å². The quantitative estimate of drug-likeness (QED) is 0.705. The zero-order valence-electron chi connectivity index (χ0n) is 10.8. The first-order chi connectivity index (χ1) is 8.13. The predicted octanol–water partition coefficient (Wildman–Crippen LogP) is 1.00. The molecule has 0 spiro atoms. The van der Waals surface area contributed by atoms with E-state index in [4.69, 9.17) is 10.5 Å². The molecule has 1 unspecified atom stereocenters. The van der Waals surface area contributed by atoms with Crippen LogP contribution in [0.1, 0.15) is 32.6 Å². The smallest absolute Gasteiger partial charge is 0.224 e. The van der Waals surface area contributed by atoms with Gasteiger partial charge in [-0.15, -0.1) is 0 Å². The first-order valence-corrected chi connectivity index (χ1v) is 6.68. The fourth-order valence-corrected chi connectivity index (χ4v) is 2.26. The van der Waals surface area contributed by atoms with E-state index < -0.39 is 0 Å². The Bertz CT molecular complexity index is 279. The summed E-state index contributed by atoms with van der Waals surface area (Å²) in [6.45, 7) is 5.90. The van der Waals surface area contributed by atoms with Crippen molar-refractivity contribution in [3.8, 4) is 0 Å². The highest BCUT2D eigenvalue weighted by Crippen LogP contribution is 2.29. The molecule has 17 heavy (non-hydrogen) atoms. The minimum absolute atomic E-state index is 0.129. The molecular weight excluding hydrogens is 216 g/mol. The average Bonchev–Trinajstić information content (AvgIpc) is 3.06. The lowest BCUT2D eigenvalue weighted by Gasteiger charge is -2.22. The fourth-order valence-electron chi connectivity index (χ4n) is 2.26. The van der Waals surface area contributed by atoms with Crippen LogP contribution in [-0.4, -0.2) is 43.7 Å². The summed E-state index contributed by atoms with van der Waals surface area (Å²) in [5, 5.41) is 0. The Morgan fingerprint density at radius 1 is 1.53 bits per heavy atom. The zero-order valence-corrected chi connectivity index (χ0v) is 10.8. The van der Waals surface area contributed by atoms with Crippen LogP contribution in [0.25, 0.3) is 0 Å². The summed E-state index contributed by atoms with van der Waals surface area (Å²) >= 11 is 0. The third-order valence-electron chi connectivity index (χ3n) is 3.91. The molecule has 1 saturated carbocycles. The second kappa shape index (κ2) is 5.36. The van der Waals surface area contributed by atoms with Gasteiger partial charge in [-0.25, -0.2) is 0 Å². The summed E-state index contributed by atoms with van der Waals surface area (Å²) < 4.78 is 5.49. The number of hydrogen-bond donors (Lipinski definition) is 1. The van der Waals surface area contributed by atoms with Crippen molar-refractivity contribution in [1.82, 2.24) is 4.90 Å². The van der Waals surface area contributed by atoms with E-state index in [9.17, 15) is 4.79 Å². The lowest BCUT2D eigenvalue weighted by atomic mass is 9.90. The number of carbonyl (C=O) groups excluding carboxylic acids is 1. The van der Waals surface area contributed by atoms with Crippen LogP contribution in [0.3, 0.4) is 0 Å². The van der Waals surface area contributed by atoms with Crippen molar-refractivity contribution in [3.63, 3.8) is 0 Å². The summed E-state index contributed by atoms with van der Waals surface area (Å²) in [4.78, 5) is 13.9. The molecule has 1 amide bonds. The van der Waals surface area contributed by atoms with Crippen LogP contribution in [0.5, 0.6) is 0 Å². The minimum Gasteiger partial charge on any atom is -0.381 e. The molecule has 0 bridgehead atoms. The molecule has 1 heterocycles. The molecule has 4 nitrogen and oxygen atoms in total. The van der Waals surface area contributed by atoms with Gasteiger partial charge in [0.1, 0.15) is 0 Å². The number of rotatable bonds is 6. The van der Waals surface area contributed by atoms with Gasteiger partial charge in [-0.1, -0.05) is 6.92 Å². The fraction of sp³-hybridized carbons (Fsp3) is 0.923. The van der Waals surface area contributed by atoms with Crippen LogP contribution in [0.15, 0.2) is 0 Å². The maximum Gasteiger partial charge on any atom is 0.224 e. The van der Waals surface area contributed by atoms with Crippen LogP contribution in [-0.2, 0) is 9.53 Å². The number of nitrogens with two attached hydrogens (primary N) is 1. The zero-order chi connectivity index (χ0) is 12.3. The van der Waals surface area contributed by atoms with Crippen LogP contribution >= 0.6 is 0 Å². The molecular formula is C13H24N2O2. The Kier molecular flexibility index (Phi) is 4.05. The number of likely N-dealkylation sites (tertiary alicyclic amines) is 1. The monoisotopic (exact) mass is 240 g/mol. The van der Waals surface area contributed by atoms with E-state index in [0.29, 0.717) is 19.6 Å². The van der Waals surface area contributed by atoms with Gasteiger partial charge in [0.2, 0.25) is 5.91 Å². The van der Waals surface area contributed by atoms with Crippen LogP contribution in [0.2, 0.25) is 0 Å². The van der Waals surface area contributed by atoms with Gasteiger partial charge in [-0.2, -0.15) is 0 Å². The summed E-state index contributed by atoms with van der Waals surface area (Å²) in [6.07, 6.45) is 4.15. The van der Waals surface area contributed by atoms with Gasteiger partial charge in [0.25, 0.3) is 0 Å². The van der Waals surface area contributed by atoms with Crippen molar-refractivity contribution in [2.24, 2.45) is 17.1 Å². The first-order valence-electron chi connectivity index (χ1n) is 6.68. The van der Waals surface area contributed by atoms with Gasteiger partial charge in [0.05, 0.1) is 13.0 Å². The van der Waals surface area contributed by atoms with E-state index in [1.807, 2.05) is 4.90 Å². The van der Waals surface area contributed by atoms with E-state index in [1.165, 1.54) is 12.8 Å². The molecule has 0 aromatic carbocycles. The number of nitrogens with zero attached hydrogens (tertiary/aromatic N) is 1. The third-order valence-corrected chi connectivity index (χ3v) is 3.91. The van der Waals surface area contributed by atoms with Crippen molar-refractivity contribution in [2.45, 2.75) is 32.6 Å². The lowest BCUT2D eigenvalue weighted by molar-refractivity contribution is -0.131. The Labute approximate surface area is 103 Å². The van der Waals surface area contributed by atoms with Crippen LogP contribution in [0.4, 0.5) is 0 Å². The van der Waals surface area contributed by atoms with Gasteiger partial charge >= 0.3 is 0 Å². The highest BCUT2D eigenvalue weighted by Gasteiger charge is 2.34. The van der Waals surface area contributed by atoms with Crippen molar-refractivity contribution in [1.29, 1.82) is 0 Å². The molecule has 2 aliphatic rings. The maximum absolute atomic E-state index is 11.9. The summed E-state index contributed by atoms with van der Waals surface area (Å²) in [5.41, 5.74) is 5.86. The summed E-state index contributed by atoms with van der Waals surface area (Å²) in [5.74, 6) is 0.996. The number of hydrogen-bond acceptors (Lipinski definition) is 3. The minimum atomic E-state index is 0.129. The van der Waals surface area contributed by atoms with Gasteiger partial charge in [-0.3, -0.25) is 4.79 Å². The van der Waals surface area contributed by atoms with Gasteiger partial charge < -0.3 is 15.4 Å². The Morgan fingerprint density at radius 3 is 2.88 bits per heavy atom. The van der Waals surface area contributed by atoms with E-state index >= 15 is 0 Å². The largest absolute Gasteiger partial charge is 0.381 e. The normalized spacial score (nSPS) is 28.7. The molecule has 2 fully saturated rings. The highest BCUT2D eigenvalue weighted by atomic mass is 16.5. The molecule has 4 heteroatoms. The highest BCUT2D eigenvalue weighted by molar-refractivity contribution is 5.76. The van der Waals surface area contributed by atoms with E-state index in [0.717, 1.165) is 32.0 Å². The molecule has 2 rings (SSSR count). The Balaban J connectivity index is 1.62. The topological polar surface area (TPSA) is 55.6 Å². The lowest BCUT2D eigenvalue weighted by Crippen LogP contribution is -2.34. The predicted molar refractivity (Wildman–Crippen MR) is 66.5 cm³/mol. The van der Waals surface area contributed by atoms with Gasteiger partial charge in [0, 0.05) is 19.7 Å². The molecule has 0 radical (unpaired) electrons.